The summed E-state index contributed by atoms with van der Waals surface area (Å²) in [5, 5.41) is 0.457. The summed E-state index contributed by atoms with van der Waals surface area (Å²) in [5.41, 5.74) is 0.640. The van der Waals surface area contributed by atoms with Crippen molar-refractivity contribution < 1.29 is 13.2 Å². The van der Waals surface area contributed by atoms with Crippen molar-refractivity contribution in [3.05, 3.63) is 59.1 Å². The Hall–Kier alpha value is -2.05. The molecule has 0 bridgehead atoms. The van der Waals surface area contributed by atoms with E-state index in [-0.39, 0.29) is 16.5 Å². The van der Waals surface area contributed by atoms with Crippen LogP contribution < -0.4 is 4.72 Å². The van der Waals surface area contributed by atoms with E-state index in [0.29, 0.717) is 23.7 Å². The third-order valence-corrected chi connectivity index (χ3v) is 5.55. The van der Waals surface area contributed by atoms with Crippen molar-refractivity contribution in [3.63, 3.8) is 0 Å². The smallest absolute Gasteiger partial charge is 0.261 e. The van der Waals surface area contributed by atoms with Gasteiger partial charge in [0.1, 0.15) is 0 Å². The number of hydrogen-bond acceptors (Lipinski definition) is 3. The molecule has 2 aromatic carbocycles. The van der Waals surface area contributed by atoms with E-state index in [2.05, 4.69) is 4.72 Å². The minimum Gasteiger partial charge on any atom is -0.339 e. The first-order chi connectivity index (χ1) is 11.5. The Kier molecular flexibility index (Phi) is 4.78. The van der Waals surface area contributed by atoms with Gasteiger partial charge in [0.05, 0.1) is 16.1 Å². The van der Waals surface area contributed by atoms with E-state index in [1.165, 1.54) is 24.3 Å². The zero-order valence-electron chi connectivity index (χ0n) is 12.9. The zero-order valence-corrected chi connectivity index (χ0v) is 14.5. The fourth-order valence-electron chi connectivity index (χ4n) is 2.67. The van der Waals surface area contributed by atoms with Crippen molar-refractivity contribution in [2.75, 3.05) is 17.8 Å². The highest BCUT2D eigenvalue weighted by Crippen LogP contribution is 2.23. The number of anilines is 1. The highest BCUT2D eigenvalue weighted by Gasteiger charge is 2.23. The van der Waals surface area contributed by atoms with E-state index >= 15 is 0 Å². The van der Waals surface area contributed by atoms with E-state index in [4.69, 9.17) is 11.6 Å². The first kappa shape index (κ1) is 16.8. The summed E-state index contributed by atoms with van der Waals surface area (Å²) in [6, 6.07) is 12.5. The van der Waals surface area contributed by atoms with Crippen LogP contribution in [0.4, 0.5) is 5.69 Å². The molecule has 1 aliphatic rings. The van der Waals surface area contributed by atoms with Gasteiger partial charge in [-0.05, 0) is 49.2 Å². The normalized spacial score (nSPS) is 14.6. The van der Waals surface area contributed by atoms with Crippen LogP contribution in [0.25, 0.3) is 0 Å². The Bertz CT molecular complexity index is 844. The van der Waals surface area contributed by atoms with Crippen LogP contribution in [0.5, 0.6) is 0 Å². The number of carbonyl (C=O) groups is 1. The van der Waals surface area contributed by atoms with Gasteiger partial charge in [-0.2, -0.15) is 0 Å². The van der Waals surface area contributed by atoms with Gasteiger partial charge in [-0.3, -0.25) is 9.52 Å². The number of benzene rings is 2. The molecule has 0 radical (unpaired) electrons. The van der Waals surface area contributed by atoms with Gasteiger partial charge in [-0.25, -0.2) is 8.42 Å². The minimum atomic E-state index is -3.79. The molecule has 1 aliphatic heterocycles. The lowest BCUT2D eigenvalue weighted by atomic mass is 10.1. The van der Waals surface area contributed by atoms with Gasteiger partial charge in [0.25, 0.3) is 15.9 Å². The second-order valence-corrected chi connectivity index (χ2v) is 7.72. The Morgan fingerprint density at radius 3 is 2.29 bits per heavy atom. The molecule has 126 valence electrons. The van der Waals surface area contributed by atoms with Crippen LogP contribution in [0, 0.1) is 0 Å². The number of para-hydroxylation sites is 1. The van der Waals surface area contributed by atoms with Crippen molar-refractivity contribution in [2.24, 2.45) is 0 Å². The Balaban J connectivity index is 1.90. The van der Waals surface area contributed by atoms with Gasteiger partial charge >= 0.3 is 0 Å². The van der Waals surface area contributed by atoms with Crippen LogP contribution in [0.15, 0.2) is 53.4 Å². The number of nitrogens with zero attached hydrogens (tertiary/aromatic N) is 1. The molecule has 0 atom stereocenters. The molecule has 0 aromatic heterocycles. The molecule has 2 aromatic rings. The molecule has 1 heterocycles. The number of nitrogens with one attached hydrogen (secondary N) is 1. The average Bonchev–Trinajstić information content (AvgIpc) is 3.09. The lowest BCUT2D eigenvalue weighted by Gasteiger charge is -2.18. The maximum absolute atomic E-state index is 12.6. The van der Waals surface area contributed by atoms with E-state index in [0.717, 1.165) is 12.8 Å². The van der Waals surface area contributed by atoms with Crippen LogP contribution >= 0.6 is 11.6 Å². The molecule has 1 N–H and O–H groups in total. The van der Waals surface area contributed by atoms with Crippen molar-refractivity contribution in [1.29, 1.82) is 0 Å². The Morgan fingerprint density at radius 2 is 1.62 bits per heavy atom. The number of rotatable bonds is 4. The maximum atomic E-state index is 12.6. The summed E-state index contributed by atoms with van der Waals surface area (Å²) in [7, 11) is -3.79. The summed E-state index contributed by atoms with van der Waals surface area (Å²) in [4.78, 5) is 14.4. The maximum Gasteiger partial charge on any atom is 0.261 e. The monoisotopic (exact) mass is 364 g/mol. The number of halogens is 1. The summed E-state index contributed by atoms with van der Waals surface area (Å²) < 4.78 is 27.6. The second-order valence-electron chi connectivity index (χ2n) is 5.60. The lowest BCUT2D eigenvalue weighted by Crippen LogP contribution is -2.28. The van der Waals surface area contributed by atoms with Crippen LogP contribution in [-0.2, 0) is 10.0 Å². The molecular weight excluding hydrogens is 348 g/mol. The predicted molar refractivity (Wildman–Crippen MR) is 93.8 cm³/mol. The van der Waals surface area contributed by atoms with Crippen molar-refractivity contribution in [2.45, 2.75) is 17.7 Å². The number of carbonyl (C=O) groups excluding carboxylic acids is 1. The number of likely N-dealkylation sites (tertiary alicyclic amines) is 1. The van der Waals surface area contributed by atoms with Gasteiger partial charge in [-0.1, -0.05) is 23.7 Å². The number of amides is 1. The molecule has 24 heavy (non-hydrogen) atoms. The molecule has 0 saturated carbocycles. The quantitative estimate of drug-likeness (QED) is 0.904. The summed E-state index contributed by atoms with van der Waals surface area (Å²) in [5.74, 6) is -0.151. The van der Waals surface area contributed by atoms with E-state index < -0.39 is 10.0 Å². The summed E-state index contributed by atoms with van der Waals surface area (Å²) in [6.45, 7) is 1.41. The molecule has 5 nitrogen and oxygen atoms in total. The molecule has 1 amide bonds. The number of sulfonamides is 1. The standard InChI is InChI=1S/C17H17ClN2O3S/c18-13-7-9-14(10-8-13)24(22,23)19-16-6-2-1-5-15(16)17(21)20-11-3-4-12-20/h1-2,5-10,19H,3-4,11-12H2. The van der Waals surface area contributed by atoms with Gasteiger partial charge in [0.15, 0.2) is 0 Å². The number of hydrogen-bond donors (Lipinski definition) is 1. The van der Waals surface area contributed by atoms with Crippen LogP contribution in [-0.4, -0.2) is 32.3 Å². The molecule has 0 unspecified atom stereocenters. The molecule has 0 aliphatic carbocycles. The lowest BCUT2D eigenvalue weighted by molar-refractivity contribution is 0.0794. The highest BCUT2D eigenvalue weighted by molar-refractivity contribution is 7.92. The summed E-state index contributed by atoms with van der Waals surface area (Å²) >= 11 is 5.80. The van der Waals surface area contributed by atoms with Crippen LogP contribution in [0.3, 0.4) is 0 Å². The molecule has 1 fully saturated rings. The van der Waals surface area contributed by atoms with Crippen molar-refractivity contribution in [3.8, 4) is 0 Å². The van der Waals surface area contributed by atoms with E-state index in [1.807, 2.05) is 0 Å². The average molecular weight is 365 g/mol. The third kappa shape index (κ3) is 3.55. The largest absolute Gasteiger partial charge is 0.339 e. The highest BCUT2D eigenvalue weighted by atomic mass is 35.5. The third-order valence-electron chi connectivity index (χ3n) is 3.92. The first-order valence-corrected chi connectivity index (χ1v) is 9.50. The van der Waals surface area contributed by atoms with Crippen LogP contribution in [0.2, 0.25) is 5.02 Å². The van der Waals surface area contributed by atoms with Crippen molar-refractivity contribution in [1.82, 2.24) is 4.90 Å². The Morgan fingerprint density at radius 1 is 1.00 bits per heavy atom. The Labute approximate surface area is 146 Å². The van der Waals surface area contributed by atoms with Gasteiger partial charge in [-0.15, -0.1) is 0 Å². The predicted octanol–water partition coefficient (Wildman–Crippen LogP) is 3.38. The van der Waals surface area contributed by atoms with Crippen molar-refractivity contribution >= 4 is 33.2 Å². The van der Waals surface area contributed by atoms with Gasteiger partial charge in [0.2, 0.25) is 0 Å². The van der Waals surface area contributed by atoms with E-state index in [9.17, 15) is 13.2 Å². The molecule has 0 spiro atoms. The van der Waals surface area contributed by atoms with Gasteiger partial charge < -0.3 is 4.90 Å². The summed E-state index contributed by atoms with van der Waals surface area (Å²) in [6.07, 6.45) is 1.95. The molecule has 7 heteroatoms. The second kappa shape index (κ2) is 6.83. The van der Waals surface area contributed by atoms with Gasteiger partial charge in [0, 0.05) is 18.1 Å². The van der Waals surface area contributed by atoms with Crippen LogP contribution in [0.1, 0.15) is 23.2 Å². The topological polar surface area (TPSA) is 66.5 Å². The molecule has 1 saturated heterocycles. The van der Waals surface area contributed by atoms with E-state index in [1.54, 1.807) is 29.2 Å². The molecular formula is C17H17ClN2O3S. The SMILES string of the molecule is O=C(c1ccccc1NS(=O)(=O)c1ccc(Cl)cc1)N1CCCC1. The minimum absolute atomic E-state index is 0.0929. The fourth-order valence-corrected chi connectivity index (χ4v) is 3.87. The fraction of sp³-hybridized carbons (Fsp3) is 0.235. The zero-order chi connectivity index (χ0) is 17.2. The first-order valence-electron chi connectivity index (χ1n) is 7.64. The molecule has 3 rings (SSSR count).